The summed E-state index contributed by atoms with van der Waals surface area (Å²) in [7, 11) is 1.55. The molecule has 1 aromatic heterocycles. The van der Waals surface area contributed by atoms with Gasteiger partial charge in [-0.2, -0.15) is 0 Å². The van der Waals surface area contributed by atoms with Crippen molar-refractivity contribution in [3.8, 4) is 5.75 Å². The number of amides is 1. The summed E-state index contributed by atoms with van der Waals surface area (Å²) in [5.41, 5.74) is 0.792. The Bertz CT molecular complexity index is 801. The molecule has 2 heterocycles. The van der Waals surface area contributed by atoms with Crippen LogP contribution in [0.15, 0.2) is 30.5 Å². The van der Waals surface area contributed by atoms with Gasteiger partial charge in [-0.25, -0.2) is 4.98 Å². The van der Waals surface area contributed by atoms with E-state index >= 15 is 0 Å². The highest BCUT2D eigenvalue weighted by atomic mass is 32.1. The molecule has 1 saturated heterocycles. The molecule has 2 aromatic rings. The Hall–Kier alpha value is -2.45. The van der Waals surface area contributed by atoms with Crippen LogP contribution in [0.5, 0.6) is 5.75 Å². The van der Waals surface area contributed by atoms with Gasteiger partial charge in [0.1, 0.15) is 21.7 Å². The van der Waals surface area contributed by atoms with Crippen LogP contribution in [0.25, 0.3) is 0 Å². The number of carbonyl (C=O) groups excluding carboxylic acids is 1. The summed E-state index contributed by atoms with van der Waals surface area (Å²) < 4.78 is 10.9. The summed E-state index contributed by atoms with van der Waals surface area (Å²) in [6.45, 7) is 0.744. The third-order valence-corrected chi connectivity index (χ3v) is 5.56. The molecule has 8 heteroatoms. The van der Waals surface area contributed by atoms with Crippen LogP contribution in [0.3, 0.4) is 0 Å². The van der Waals surface area contributed by atoms with E-state index in [1.165, 1.54) is 17.5 Å². The van der Waals surface area contributed by atoms with Crippen molar-refractivity contribution >= 4 is 23.2 Å². The van der Waals surface area contributed by atoms with E-state index in [2.05, 4.69) is 10.3 Å². The van der Waals surface area contributed by atoms with Crippen molar-refractivity contribution in [2.75, 3.05) is 20.3 Å². The van der Waals surface area contributed by atoms with Crippen molar-refractivity contribution in [2.45, 2.75) is 25.4 Å². The predicted octanol–water partition coefficient (Wildman–Crippen LogP) is 2.68. The fraction of sp³-hybridized carbons (Fsp3) is 0.421. The first kappa shape index (κ1) is 19.3. The van der Waals surface area contributed by atoms with E-state index in [0.29, 0.717) is 10.6 Å². The fourth-order valence-corrected chi connectivity index (χ4v) is 3.92. The van der Waals surface area contributed by atoms with Gasteiger partial charge in [0.25, 0.3) is 5.91 Å². The average Bonchev–Trinajstić information content (AvgIpc) is 3.36. The summed E-state index contributed by atoms with van der Waals surface area (Å²) in [4.78, 5) is 28.7. The molecule has 0 saturated carbocycles. The topological polar surface area (TPSA) is 97.8 Å². The fourth-order valence-electron chi connectivity index (χ4n) is 3.00. The molecule has 1 fully saturated rings. The largest absolute Gasteiger partial charge is 0.496 e. The Labute approximate surface area is 161 Å². The van der Waals surface area contributed by atoms with Gasteiger partial charge >= 0.3 is 5.97 Å². The van der Waals surface area contributed by atoms with Crippen molar-refractivity contribution in [2.24, 2.45) is 5.92 Å². The highest BCUT2D eigenvalue weighted by molar-refractivity contribution is 7.13. The number of aromatic nitrogens is 1. The second-order valence-corrected chi connectivity index (χ2v) is 7.39. The number of ether oxygens (including phenoxy) is 2. The van der Waals surface area contributed by atoms with E-state index < -0.39 is 11.9 Å². The quantitative estimate of drug-likeness (QED) is 0.719. The molecule has 2 unspecified atom stereocenters. The molecule has 1 aromatic carbocycles. The maximum Gasteiger partial charge on any atom is 0.308 e. The van der Waals surface area contributed by atoms with Gasteiger partial charge in [-0.3, -0.25) is 9.59 Å². The molecular formula is C19H22N2O5S. The summed E-state index contributed by atoms with van der Waals surface area (Å²) >= 11 is 1.29. The van der Waals surface area contributed by atoms with Crippen molar-refractivity contribution in [3.63, 3.8) is 0 Å². The van der Waals surface area contributed by atoms with E-state index in [-0.39, 0.29) is 25.0 Å². The minimum atomic E-state index is -0.967. The summed E-state index contributed by atoms with van der Waals surface area (Å²) in [6, 6.07) is 7.28. The van der Waals surface area contributed by atoms with Gasteiger partial charge in [-0.15, -0.1) is 11.3 Å². The molecule has 0 aliphatic carbocycles. The first-order valence-electron chi connectivity index (χ1n) is 8.78. The van der Waals surface area contributed by atoms with E-state index in [9.17, 15) is 14.7 Å². The Morgan fingerprint density at radius 1 is 1.44 bits per heavy atom. The first-order valence-corrected chi connectivity index (χ1v) is 9.60. The van der Waals surface area contributed by atoms with Crippen LogP contribution in [0, 0.1) is 5.92 Å². The van der Waals surface area contributed by atoms with Crippen molar-refractivity contribution < 1.29 is 24.2 Å². The van der Waals surface area contributed by atoms with Crippen LogP contribution in [0.4, 0.5) is 0 Å². The number of benzene rings is 1. The number of carboxylic acid groups (broad SMARTS) is 1. The maximum atomic E-state index is 12.4. The number of hydrogen-bond acceptors (Lipinski definition) is 6. The molecule has 7 nitrogen and oxygen atoms in total. The number of methoxy groups -OCH3 is 1. The lowest BCUT2D eigenvalue weighted by atomic mass is 9.98. The molecule has 144 valence electrons. The van der Waals surface area contributed by atoms with Gasteiger partial charge in [0, 0.05) is 13.2 Å². The third-order valence-electron chi connectivity index (χ3n) is 4.47. The van der Waals surface area contributed by atoms with Gasteiger partial charge < -0.3 is 19.9 Å². The smallest absolute Gasteiger partial charge is 0.308 e. The molecule has 2 atom stereocenters. The van der Waals surface area contributed by atoms with Crippen LogP contribution in [0.1, 0.15) is 39.2 Å². The first-order chi connectivity index (χ1) is 13.1. The number of carboxylic acids is 1. The minimum Gasteiger partial charge on any atom is -0.496 e. The number of rotatable bonds is 8. The van der Waals surface area contributed by atoms with Crippen LogP contribution < -0.4 is 10.1 Å². The highest BCUT2D eigenvalue weighted by Crippen LogP contribution is 2.31. The van der Waals surface area contributed by atoms with Crippen LogP contribution >= 0.6 is 11.3 Å². The number of nitrogens with one attached hydrogen (secondary N) is 1. The zero-order valence-corrected chi connectivity index (χ0v) is 15.8. The SMILES string of the molecule is COc1ccccc1CC(CNC(=O)c1cnc(C2CCCO2)s1)C(=O)O. The Morgan fingerprint density at radius 3 is 2.96 bits per heavy atom. The average molecular weight is 390 g/mol. The number of para-hydroxylation sites is 1. The summed E-state index contributed by atoms with van der Waals surface area (Å²) in [6.07, 6.45) is 3.66. The predicted molar refractivity (Wildman–Crippen MR) is 100 cm³/mol. The number of carbonyl (C=O) groups is 2. The summed E-state index contributed by atoms with van der Waals surface area (Å²) in [5, 5.41) is 13.0. The standard InChI is InChI=1S/C19H22N2O5S/c1-25-14-6-3-2-5-12(14)9-13(19(23)24)10-20-17(22)16-11-21-18(27-16)15-7-4-8-26-15/h2-3,5-6,11,13,15H,4,7-10H2,1H3,(H,20,22)(H,23,24). The van der Waals surface area contributed by atoms with Crippen molar-refractivity contribution in [3.05, 3.63) is 45.9 Å². The van der Waals surface area contributed by atoms with Gasteiger partial charge in [0.2, 0.25) is 0 Å². The van der Waals surface area contributed by atoms with Crippen molar-refractivity contribution in [1.29, 1.82) is 0 Å². The van der Waals surface area contributed by atoms with Crippen LogP contribution in [-0.2, 0) is 16.0 Å². The molecule has 2 N–H and O–H groups in total. The Morgan fingerprint density at radius 2 is 2.26 bits per heavy atom. The van der Waals surface area contributed by atoms with E-state index in [1.807, 2.05) is 18.2 Å². The number of nitrogens with zero attached hydrogens (tertiary/aromatic N) is 1. The second kappa shape index (κ2) is 8.96. The number of hydrogen-bond donors (Lipinski definition) is 2. The van der Waals surface area contributed by atoms with Gasteiger partial charge in [-0.1, -0.05) is 18.2 Å². The van der Waals surface area contributed by atoms with E-state index in [0.717, 1.165) is 30.0 Å². The number of aliphatic carboxylic acids is 1. The maximum absolute atomic E-state index is 12.4. The molecule has 3 rings (SSSR count). The van der Waals surface area contributed by atoms with Crippen LogP contribution in [0.2, 0.25) is 0 Å². The molecule has 1 amide bonds. The molecule has 1 aliphatic heterocycles. The zero-order valence-electron chi connectivity index (χ0n) is 15.0. The molecule has 1 aliphatic rings. The lowest BCUT2D eigenvalue weighted by Crippen LogP contribution is -2.33. The Balaban J connectivity index is 1.60. The normalized spacial score (nSPS) is 17.4. The van der Waals surface area contributed by atoms with Crippen molar-refractivity contribution in [1.82, 2.24) is 10.3 Å². The monoisotopic (exact) mass is 390 g/mol. The molecule has 27 heavy (non-hydrogen) atoms. The van der Waals surface area contributed by atoms with Gasteiger partial charge in [0.05, 0.1) is 19.2 Å². The lowest BCUT2D eigenvalue weighted by molar-refractivity contribution is -0.141. The minimum absolute atomic E-state index is 0.0272. The zero-order chi connectivity index (χ0) is 19.2. The van der Waals surface area contributed by atoms with Gasteiger partial charge in [-0.05, 0) is 30.9 Å². The summed E-state index contributed by atoms with van der Waals surface area (Å²) in [5.74, 6) is -1.40. The Kier molecular flexibility index (Phi) is 6.41. The second-order valence-electron chi connectivity index (χ2n) is 6.33. The van der Waals surface area contributed by atoms with Crippen LogP contribution in [-0.4, -0.2) is 42.2 Å². The van der Waals surface area contributed by atoms with Gasteiger partial charge in [0.15, 0.2) is 0 Å². The molecular weight excluding hydrogens is 368 g/mol. The molecule has 0 bridgehead atoms. The highest BCUT2D eigenvalue weighted by Gasteiger charge is 2.24. The van der Waals surface area contributed by atoms with E-state index in [4.69, 9.17) is 9.47 Å². The van der Waals surface area contributed by atoms with E-state index in [1.54, 1.807) is 13.2 Å². The molecule has 0 spiro atoms. The number of thiazole rings is 1. The third kappa shape index (κ3) is 4.84. The lowest BCUT2D eigenvalue weighted by Gasteiger charge is -2.15. The molecule has 0 radical (unpaired) electrons.